The second kappa shape index (κ2) is 4.17. The van der Waals surface area contributed by atoms with Gasteiger partial charge in [-0.1, -0.05) is 20.8 Å². The van der Waals surface area contributed by atoms with Crippen molar-refractivity contribution >= 4 is 6.08 Å². The smallest absolute Gasteiger partial charge is 0.146 e. The van der Waals surface area contributed by atoms with Crippen LogP contribution < -0.4 is 10.8 Å². The lowest BCUT2D eigenvalue weighted by atomic mass is 10.2. The minimum Gasteiger partial charge on any atom is -0.595 e. The van der Waals surface area contributed by atoms with Crippen LogP contribution in [0.15, 0.2) is 4.99 Å². The highest BCUT2D eigenvalue weighted by molar-refractivity contribution is 5.62. The largest absolute Gasteiger partial charge is 0.595 e. The van der Waals surface area contributed by atoms with Crippen LogP contribution in [-0.4, -0.2) is 23.8 Å². The third kappa shape index (κ3) is 3.96. The maximum absolute atomic E-state index is 11.3. The van der Waals surface area contributed by atoms with Crippen molar-refractivity contribution in [3.63, 3.8) is 0 Å². The second-order valence-corrected chi connectivity index (χ2v) is 4.84. The van der Waals surface area contributed by atoms with Gasteiger partial charge in [0, 0.05) is 11.6 Å². The molecule has 0 bridgehead atoms. The van der Waals surface area contributed by atoms with Gasteiger partial charge >= 0.3 is 0 Å². The lowest BCUT2D eigenvalue weighted by molar-refractivity contribution is -0.260. The number of rotatable bonds is 1. The van der Waals surface area contributed by atoms with Crippen LogP contribution in [0.25, 0.3) is 0 Å². The summed E-state index contributed by atoms with van der Waals surface area (Å²) in [6.07, 6.45) is 2.20. The number of nitrogens with two attached hydrogens (primary N) is 1. The van der Waals surface area contributed by atoms with E-state index in [0.29, 0.717) is 0 Å². The van der Waals surface area contributed by atoms with Gasteiger partial charge in [0.1, 0.15) is 6.08 Å². The van der Waals surface area contributed by atoms with Crippen molar-refractivity contribution < 1.29 is 9.84 Å². The molecule has 1 fully saturated rings. The Morgan fingerprint density at radius 1 is 1.43 bits per heavy atom. The molecule has 0 aromatic heterocycles. The molecule has 1 saturated carbocycles. The zero-order valence-electron chi connectivity index (χ0n) is 9.12. The molecule has 0 saturated heterocycles. The fourth-order valence-corrected chi connectivity index (χ4v) is 1.55. The van der Waals surface area contributed by atoms with E-state index in [1.54, 1.807) is 0 Å². The Balaban J connectivity index is 2.44. The molecule has 1 rings (SSSR count). The predicted octanol–water partition coefficient (Wildman–Crippen LogP) is 0.398. The highest BCUT2D eigenvalue weighted by atomic mass is 16.6. The van der Waals surface area contributed by atoms with Gasteiger partial charge in [0.05, 0.1) is 6.04 Å². The van der Waals surface area contributed by atoms with Crippen LogP contribution in [0.5, 0.6) is 0 Å². The van der Waals surface area contributed by atoms with Crippen LogP contribution in [0.2, 0.25) is 0 Å². The van der Waals surface area contributed by atoms with Crippen LogP contribution in [0.3, 0.4) is 0 Å². The summed E-state index contributed by atoms with van der Waals surface area (Å²) >= 11 is 0. The third-order valence-electron chi connectivity index (χ3n) is 2.13. The maximum atomic E-state index is 11.3. The van der Waals surface area contributed by atoms with E-state index in [2.05, 4.69) is 4.99 Å². The van der Waals surface area contributed by atoms with E-state index in [0.717, 1.165) is 19.3 Å². The van der Waals surface area contributed by atoms with E-state index >= 15 is 0 Å². The molecule has 1 aliphatic rings. The number of hydrogen-bond acceptors (Lipinski definition) is 4. The Morgan fingerprint density at radius 2 is 2.07 bits per heavy atom. The van der Waals surface area contributed by atoms with Gasteiger partial charge in [-0.25, -0.2) is 0 Å². The van der Waals surface area contributed by atoms with Crippen molar-refractivity contribution in [2.24, 2.45) is 10.7 Å². The van der Waals surface area contributed by atoms with Crippen molar-refractivity contribution in [2.75, 3.05) is 0 Å². The summed E-state index contributed by atoms with van der Waals surface area (Å²) in [6, 6.07) is 0.269. The Morgan fingerprint density at radius 3 is 2.50 bits per heavy atom. The van der Waals surface area contributed by atoms with Crippen LogP contribution in [0.1, 0.15) is 40.0 Å². The molecule has 4 nitrogen and oxygen atoms in total. The summed E-state index contributed by atoms with van der Waals surface area (Å²) in [4.78, 5) is 3.97. The molecule has 2 unspecified atom stereocenters. The number of aliphatic imine (C=N–C) groups is 1. The maximum Gasteiger partial charge on any atom is 0.146 e. The minimum atomic E-state index is -0.461. The molecule has 1 aliphatic carbocycles. The zero-order valence-corrected chi connectivity index (χ0v) is 9.12. The summed E-state index contributed by atoms with van der Waals surface area (Å²) in [6.45, 7) is 5.50. The molecule has 0 aliphatic heterocycles. The minimum absolute atomic E-state index is 0.0693. The van der Waals surface area contributed by atoms with Gasteiger partial charge in [-0.15, -0.1) is 0 Å². The summed E-state index contributed by atoms with van der Waals surface area (Å²) in [5.74, 6) is 0. The van der Waals surface area contributed by atoms with Crippen molar-refractivity contribution in [3.8, 4) is 0 Å². The van der Waals surface area contributed by atoms with Crippen molar-refractivity contribution in [1.29, 1.82) is 0 Å². The van der Waals surface area contributed by atoms with Gasteiger partial charge in [0.2, 0.25) is 0 Å². The van der Waals surface area contributed by atoms with Crippen LogP contribution in [0, 0.1) is 0 Å². The third-order valence-corrected chi connectivity index (χ3v) is 2.13. The topological polar surface area (TPSA) is 70.7 Å². The fourth-order valence-electron chi connectivity index (χ4n) is 1.55. The molecular weight excluding hydrogens is 180 g/mol. The molecule has 0 heterocycles. The lowest BCUT2D eigenvalue weighted by Crippen LogP contribution is -2.33. The van der Waals surface area contributed by atoms with Gasteiger partial charge in [-0.3, -0.25) is 4.99 Å². The van der Waals surface area contributed by atoms with Gasteiger partial charge in [-0.05, 0) is 19.3 Å². The first-order chi connectivity index (χ1) is 6.37. The van der Waals surface area contributed by atoms with Gasteiger partial charge < -0.3 is 15.6 Å². The molecule has 4 heteroatoms. The van der Waals surface area contributed by atoms with Crippen molar-refractivity contribution in [2.45, 2.75) is 57.7 Å². The van der Waals surface area contributed by atoms with Gasteiger partial charge in [-0.2, -0.15) is 0 Å². The van der Waals surface area contributed by atoms with Crippen molar-refractivity contribution in [1.82, 2.24) is 0 Å². The van der Waals surface area contributed by atoms with Gasteiger partial charge in [0.15, 0.2) is 0 Å². The highest BCUT2D eigenvalue weighted by Crippen LogP contribution is 2.20. The summed E-state index contributed by atoms with van der Waals surface area (Å²) < 4.78 is 5.09. The van der Waals surface area contributed by atoms with E-state index in [-0.39, 0.29) is 12.1 Å². The number of hydrogen-bond donors (Lipinski definition) is 1. The van der Waals surface area contributed by atoms with Crippen LogP contribution in [0.4, 0.5) is 0 Å². The van der Waals surface area contributed by atoms with E-state index in [4.69, 9.17) is 10.5 Å². The molecule has 0 radical (unpaired) electrons. The zero-order chi connectivity index (χ0) is 10.8. The molecule has 0 aromatic carbocycles. The molecule has 0 aromatic rings. The first kappa shape index (κ1) is 11.3. The SMILES string of the molecule is CC(C)(C)OC([O-])=NC1CCC(N)C1. The molecule has 82 valence electrons. The monoisotopic (exact) mass is 199 g/mol. The van der Waals surface area contributed by atoms with Gasteiger partial charge in [0.25, 0.3) is 0 Å². The summed E-state index contributed by atoms with van der Waals surface area (Å²) in [5, 5.41) is 11.3. The Bertz CT molecular complexity index is 221. The van der Waals surface area contributed by atoms with Crippen LogP contribution in [-0.2, 0) is 4.74 Å². The molecule has 2 atom stereocenters. The average Bonchev–Trinajstić information content (AvgIpc) is 2.30. The quantitative estimate of drug-likeness (QED) is 0.491. The van der Waals surface area contributed by atoms with E-state index in [1.807, 2.05) is 20.8 Å². The van der Waals surface area contributed by atoms with E-state index < -0.39 is 11.7 Å². The molecule has 0 spiro atoms. The number of ether oxygens (including phenoxy) is 1. The van der Waals surface area contributed by atoms with Crippen molar-refractivity contribution in [3.05, 3.63) is 0 Å². The van der Waals surface area contributed by atoms with E-state index in [9.17, 15) is 5.11 Å². The first-order valence-electron chi connectivity index (χ1n) is 5.06. The summed E-state index contributed by atoms with van der Waals surface area (Å²) in [5.41, 5.74) is 5.26. The molecule has 0 amide bonds. The number of nitrogens with zero attached hydrogens (tertiary/aromatic N) is 1. The average molecular weight is 199 g/mol. The normalized spacial score (nSPS) is 29.3. The fraction of sp³-hybridized carbons (Fsp3) is 0.900. The van der Waals surface area contributed by atoms with E-state index in [1.165, 1.54) is 0 Å². The van der Waals surface area contributed by atoms with Crippen LogP contribution >= 0.6 is 0 Å². The Kier molecular flexibility index (Phi) is 3.37. The lowest BCUT2D eigenvalue weighted by Gasteiger charge is -2.30. The molecule has 2 N–H and O–H groups in total. The first-order valence-corrected chi connectivity index (χ1v) is 5.06. The highest BCUT2D eigenvalue weighted by Gasteiger charge is 2.20. The molecule has 14 heavy (non-hydrogen) atoms. The predicted molar refractivity (Wildman–Crippen MR) is 53.9 cm³/mol. The second-order valence-electron chi connectivity index (χ2n) is 4.84. The standard InChI is InChI=1S/C10H20N2O2/c1-10(2,3)14-9(13)12-8-5-4-7(11)6-8/h7-8H,4-6,11H2,1-3H3,(H,12,13)/p-1. The Hall–Kier alpha value is -0.770. The Labute approximate surface area is 85.2 Å². The summed E-state index contributed by atoms with van der Waals surface area (Å²) in [7, 11) is 0. The molecular formula is C10H19N2O2-.